The van der Waals surface area contributed by atoms with Crippen molar-refractivity contribution in [3.05, 3.63) is 18.2 Å². The molecular weight excluding hydrogens is 413 g/mol. The zero-order valence-electron chi connectivity index (χ0n) is 13.8. The van der Waals surface area contributed by atoms with Gasteiger partial charge in [-0.1, -0.05) is 0 Å². The Kier molecular flexibility index (Phi) is 10.9. The van der Waals surface area contributed by atoms with Crippen molar-refractivity contribution in [3.63, 3.8) is 0 Å². The summed E-state index contributed by atoms with van der Waals surface area (Å²) < 4.78 is 15.3. The van der Waals surface area contributed by atoms with Crippen LogP contribution in [0.25, 0.3) is 0 Å². The molecule has 0 aliphatic heterocycles. The number of nitrogens with zero attached hydrogens (tertiary/aromatic N) is 1. The van der Waals surface area contributed by atoms with Gasteiger partial charge in [0.2, 0.25) is 0 Å². The Balaban J connectivity index is 0.00000484. The second-order valence-corrected chi connectivity index (χ2v) is 4.25. The number of esters is 1. The number of carbonyl (C=O) groups is 1. The van der Waals surface area contributed by atoms with E-state index >= 15 is 0 Å². The largest absolute Gasteiger partial charge is 0.493 e. The van der Waals surface area contributed by atoms with Gasteiger partial charge in [-0.05, 0) is 19.1 Å². The molecule has 0 fully saturated rings. The molecule has 1 aromatic rings. The quantitative estimate of drug-likeness (QED) is 0.295. The molecule has 1 rings (SSSR count). The molecule has 0 radical (unpaired) electrons. The van der Waals surface area contributed by atoms with Crippen LogP contribution in [-0.2, 0) is 9.53 Å². The van der Waals surface area contributed by atoms with Crippen LogP contribution in [0.5, 0.6) is 11.5 Å². The molecule has 8 heteroatoms. The van der Waals surface area contributed by atoms with Gasteiger partial charge in [0.15, 0.2) is 17.5 Å². The lowest BCUT2D eigenvalue weighted by Gasteiger charge is -2.14. The maximum atomic E-state index is 11.1. The van der Waals surface area contributed by atoms with Gasteiger partial charge in [-0.25, -0.2) is 0 Å². The monoisotopic (exact) mass is 437 g/mol. The first-order valence-electron chi connectivity index (χ1n) is 6.99. The molecule has 1 aromatic carbocycles. The highest BCUT2D eigenvalue weighted by Gasteiger charge is 2.07. The van der Waals surface area contributed by atoms with Gasteiger partial charge in [0.05, 0.1) is 27.2 Å². The minimum Gasteiger partial charge on any atom is -0.493 e. The number of nitrogens with one attached hydrogen (secondary N) is 2. The molecule has 0 bridgehead atoms. The van der Waals surface area contributed by atoms with Crippen LogP contribution in [0.1, 0.15) is 13.3 Å². The summed E-state index contributed by atoms with van der Waals surface area (Å²) in [6, 6.07) is 5.51. The number of halogens is 1. The molecule has 0 aromatic heterocycles. The zero-order chi connectivity index (χ0) is 16.4. The van der Waals surface area contributed by atoms with Gasteiger partial charge in [-0.15, -0.1) is 24.0 Å². The minimum atomic E-state index is -0.273. The van der Waals surface area contributed by atoms with E-state index in [1.807, 2.05) is 25.1 Å². The van der Waals surface area contributed by atoms with Crippen LogP contribution in [0.2, 0.25) is 0 Å². The second kappa shape index (κ2) is 11.8. The van der Waals surface area contributed by atoms with Crippen molar-refractivity contribution in [2.24, 2.45) is 4.99 Å². The molecule has 0 heterocycles. The number of hydrogen-bond acceptors (Lipinski definition) is 5. The van der Waals surface area contributed by atoms with E-state index in [9.17, 15) is 4.79 Å². The van der Waals surface area contributed by atoms with Crippen LogP contribution in [0.15, 0.2) is 23.2 Å². The highest BCUT2D eigenvalue weighted by molar-refractivity contribution is 14.0. The highest BCUT2D eigenvalue weighted by atomic mass is 127. The molecule has 7 nitrogen and oxygen atoms in total. The fourth-order valence-electron chi connectivity index (χ4n) is 1.72. The standard InChI is InChI=1S/C15H23N3O4.HI/c1-5-22-12-7-6-11(10-13(12)20-3)18-15(16-2)17-9-8-14(19)21-4;/h6-7,10H,5,8-9H2,1-4H3,(H2,16,17,18);1H. The molecule has 0 aliphatic rings. The van der Waals surface area contributed by atoms with Gasteiger partial charge in [0, 0.05) is 25.3 Å². The van der Waals surface area contributed by atoms with Crippen molar-refractivity contribution in [3.8, 4) is 11.5 Å². The normalized spacial score (nSPS) is 10.3. The molecule has 23 heavy (non-hydrogen) atoms. The molecule has 0 saturated carbocycles. The SMILES string of the molecule is CCOc1ccc(NC(=NC)NCCC(=O)OC)cc1OC.I. The van der Waals surface area contributed by atoms with E-state index in [2.05, 4.69) is 20.4 Å². The molecule has 0 saturated heterocycles. The third-order valence-electron chi connectivity index (χ3n) is 2.80. The lowest BCUT2D eigenvalue weighted by Crippen LogP contribution is -2.32. The van der Waals surface area contributed by atoms with Crippen molar-refractivity contribution < 1.29 is 19.0 Å². The fraction of sp³-hybridized carbons (Fsp3) is 0.467. The maximum Gasteiger partial charge on any atom is 0.307 e. The van der Waals surface area contributed by atoms with Crippen molar-refractivity contribution in [1.82, 2.24) is 5.32 Å². The van der Waals surface area contributed by atoms with Crippen LogP contribution in [0.3, 0.4) is 0 Å². The van der Waals surface area contributed by atoms with Crippen LogP contribution < -0.4 is 20.1 Å². The zero-order valence-corrected chi connectivity index (χ0v) is 16.2. The molecule has 2 N–H and O–H groups in total. The van der Waals surface area contributed by atoms with Crippen molar-refractivity contribution in [2.75, 3.05) is 39.7 Å². The molecule has 130 valence electrons. The molecule has 0 atom stereocenters. The third kappa shape index (κ3) is 7.40. The van der Waals surface area contributed by atoms with Crippen LogP contribution in [0.4, 0.5) is 5.69 Å². The summed E-state index contributed by atoms with van der Waals surface area (Å²) in [7, 11) is 4.60. The summed E-state index contributed by atoms with van der Waals surface area (Å²) >= 11 is 0. The number of hydrogen-bond donors (Lipinski definition) is 2. The Morgan fingerprint density at radius 2 is 2.00 bits per heavy atom. The number of guanidine groups is 1. The molecule has 0 unspecified atom stereocenters. The van der Waals surface area contributed by atoms with Gasteiger partial charge in [-0.2, -0.15) is 0 Å². The van der Waals surface area contributed by atoms with Gasteiger partial charge in [0.1, 0.15) is 0 Å². The van der Waals surface area contributed by atoms with Crippen LogP contribution in [0, 0.1) is 0 Å². The summed E-state index contributed by atoms with van der Waals surface area (Å²) in [6.45, 7) is 2.92. The van der Waals surface area contributed by atoms with E-state index in [0.717, 1.165) is 5.69 Å². The number of methoxy groups -OCH3 is 2. The molecule has 0 aliphatic carbocycles. The summed E-state index contributed by atoms with van der Waals surface area (Å²) in [6.07, 6.45) is 0.268. The minimum absolute atomic E-state index is 0. The number of ether oxygens (including phenoxy) is 3. The van der Waals surface area contributed by atoms with Gasteiger partial charge < -0.3 is 24.8 Å². The Labute approximate surface area is 153 Å². The summed E-state index contributed by atoms with van der Waals surface area (Å²) in [5, 5.41) is 6.14. The lowest BCUT2D eigenvalue weighted by molar-refractivity contribution is -0.140. The number of aliphatic imine (C=N–C) groups is 1. The van der Waals surface area contributed by atoms with E-state index in [1.165, 1.54) is 7.11 Å². The van der Waals surface area contributed by atoms with E-state index in [4.69, 9.17) is 9.47 Å². The Bertz CT molecular complexity index is 523. The molecule has 0 amide bonds. The first-order chi connectivity index (χ1) is 10.6. The van der Waals surface area contributed by atoms with Gasteiger partial charge >= 0.3 is 5.97 Å². The average Bonchev–Trinajstić information content (AvgIpc) is 2.55. The molecule has 0 spiro atoms. The fourth-order valence-corrected chi connectivity index (χ4v) is 1.72. The number of rotatable bonds is 7. The Morgan fingerprint density at radius 3 is 2.57 bits per heavy atom. The predicted octanol–water partition coefficient (Wildman–Crippen LogP) is 2.26. The topological polar surface area (TPSA) is 81.2 Å². The van der Waals surface area contributed by atoms with Crippen LogP contribution >= 0.6 is 24.0 Å². The Morgan fingerprint density at radius 1 is 1.26 bits per heavy atom. The lowest BCUT2D eigenvalue weighted by atomic mass is 10.2. The third-order valence-corrected chi connectivity index (χ3v) is 2.80. The van der Waals surface area contributed by atoms with E-state index in [-0.39, 0.29) is 36.4 Å². The first kappa shape index (κ1) is 21.3. The average molecular weight is 437 g/mol. The second-order valence-electron chi connectivity index (χ2n) is 4.25. The van der Waals surface area contributed by atoms with Crippen molar-refractivity contribution in [2.45, 2.75) is 13.3 Å². The van der Waals surface area contributed by atoms with Gasteiger partial charge in [-0.3, -0.25) is 9.79 Å². The predicted molar refractivity (Wildman–Crippen MR) is 101 cm³/mol. The number of benzene rings is 1. The maximum absolute atomic E-state index is 11.1. The highest BCUT2D eigenvalue weighted by Crippen LogP contribution is 2.30. The Hall–Kier alpha value is -1.71. The molecular formula is C15H24IN3O4. The summed E-state index contributed by atoms with van der Waals surface area (Å²) in [5.41, 5.74) is 0.798. The van der Waals surface area contributed by atoms with Crippen LogP contribution in [-0.4, -0.2) is 46.3 Å². The summed E-state index contributed by atoms with van der Waals surface area (Å²) in [5.74, 6) is 1.60. The smallest absolute Gasteiger partial charge is 0.307 e. The van der Waals surface area contributed by atoms with Gasteiger partial charge in [0.25, 0.3) is 0 Å². The van der Waals surface area contributed by atoms with E-state index in [0.29, 0.717) is 30.6 Å². The van der Waals surface area contributed by atoms with E-state index in [1.54, 1.807) is 14.2 Å². The summed E-state index contributed by atoms with van der Waals surface area (Å²) in [4.78, 5) is 15.2. The van der Waals surface area contributed by atoms with Crippen molar-refractivity contribution in [1.29, 1.82) is 0 Å². The van der Waals surface area contributed by atoms with E-state index < -0.39 is 0 Å². The first-order valence-corrected chi connectivity index (χ1v) is 6.99. The number of anilines is 1. The number of carbonyl (C=O) groups excluding carboxylic acids is 1. The van der Waals surface area contributed by atoms with Crippen molar-refractivity contribution >= 4 is 41.6 Å².